The number of carboxylic acid groups (broad SMARTS) is 1. The van der Waals surface area contributed by atoms with Gasteiger partial charge in [0.25, 0.3) is 0 Å². The number of rotatable bonds is 9. The Kier molecular flexibility index (Phi) is 8.50. The number of methoxy groups -OCH3 is 5. The maximum Gasteiger partial charge on any atom is 0.339 e. The molecule has 11 nitrogen and oxygen atoms in total. The Morgan fingerprint density at radius 1 is 0.800 bits per heavy atom. The van der Waals surface area contributed by atoms with E-state index in [4.69, 9.17) is 28.4 Å². The molecule has 4 N–H and O–H groups in total. The van der Waals surface area contributed by atoms with Crippen LogP contribution < -0.4 is 23.7 Å². The number of aryl methyl sites for hydroxylation is 2. The van der Waals surface area contributed by atoms with Gasteiger partial charge in [0, 0.05) is 10.8 Å². The fourth-order valence-electron chi connectivity index (χ4n) is 5.75. The zero-order valence-electron chi connectivity index (χ0n) is 23.6. The highest BCUT2D eigenvalue weighted by Gasteiger charge is 2.41. The van der Waals surface area contributed by atoms with Gasteiger partial charge in [-0.15, -0.1) is 0 Å². The molecule has 0 radical (unpaired) electrons. The monoisotopic (exact) mass is 560 g/mol. The Labute approximate surface area is 231 Å². The van der Waals surface area contributed by atoms with Gasteiger partial charge in [-0.3, -0.25) is 0 Å². The molecule has 0 spiro atoms. The topological polar surface area (TPSA) is 153 Å². The van der Waals surface area contributed by atoms with Crippen molar-refractivity contribution in [1.29, 1.82) is 0 Å². The number of carbonyl (C=O) groups is 1. The molecule has 3 aromatic rings. The number of benzene rings is 3. The number of hydrogen-bond acceptors (Lipinski definition) is 10. The van der Waals surface area contributed by atoms with Crippen LogP contribution in [0.3, 0.4) is 0 Å². The Morgan fingerprint density at radius 3 is 1.98 bits per heavy atom. The lowest BCUT2D eigenvalue weighted by Crippen LogP contribution is -2.56. The number of hydrogen-bond donors (Lipinski definition) is 4. The summed E-state index contributed by atoms with van der Waals surface area (Å²) in [6.45, 7) is 3.32. The first-order valence-corrected chi connectivity index (χ1v) is 12.8. The lowest BCUT2D eigenvalue weighted by molar-refractivity contribution is -0.218. The van der Waals surface area contributed by atoms with Crippen LogP contribution in [0.2, 0.25) is 0 Å². The maximum absolute atomic E-state index is 12.2. The molecule has 1 fully saturated rings. The molecule has 1 aliphatic rings. The predicted molar refractivity (Wildman–Crippen MR) is 147 cm³/mol. The molecule has 218 valence electrons. The highest BCUT2D eigenvalue weighted by Crippen LogP contribution is 2.53. The van der Waals surface area contributed by atoms with Crippen molar-refractivity contribution >= 4 is 27.5 Å². The lowest BCUT2D eigenvalue weighted by atomic mass is 9.89. The van der Waals surface area contributed by atoms with Gasteiger partial charge in [-0.25, -0.2) is 4.79 Å². The first-order chi connectivity index (χ1) is 19.1. The van der Waals surface area contributed by atoms with Crippen LogP contribution in [0.5, 0.6) is 28.7 Å². The van der Waals surface area contributed by atoms with E-state index in [0.717, 1.165) is 0 Å². The Morgan fingerprint density at radius 2 is 1.43 bits per heavy atom. The number of ether oxygens (including phenoxy) is 6. The minimum absolute atomic E-state index is 0.00455. The van der Waals surface area contributed by atoms with Gasteiger partial charge in [0.15, 0.2) is 0 Å². The van der Waals surface area contributed by atoms with Gasteiger partial charge in [0.1, 0.15) is 52.6 Å². The average Bonchev–Trinajstić information content (AvgIpc) is 2.94. The molecule has 1 heterocycles. The quantitative estimate of drug-likeness (QED) is 0.286. The van der Waals surface area contributed by atoms with E-state index in [1.165, 1.54) is 35.5 Å². The van der Waals surface area contributed by atoms with Crippen molar-refractivity contribution in [3.05, 3.63) is 28.8 Å². The standard InChI is InChI=1S/C29H36O11/c1-12-19-15(11-18(36-4)20(12)29(33)34)27(38-6)21-17(35-3)10-14(26(37-5)22(21)28(19)39-7)8-9-16-24(31)25(32)23(30)13(2)40-16/h10-11,13,16,23-25,30-32H,8-9H2,1-7H3,(H,33,34)/t13-,16+,23+,24+,25+/m0/s1. The molecule has 0 aliphatic carbocycles. The molecule has 1 saturated heterocycles. The van der Waals surface area contributed by atoms with Gasteiger partial charge in [-0.1, -0.05) is 0 Å². The second kappa shape index (κ2) is 11.5. The molecule has 1 aliphatic heterocycles. The summed E-state index contributed by atoms with van der Waals surface area (Å²) in [5.74, 6) is 0.708. The first kappa shape index (κ1) is 29.5. The molecule has 0 aromatic heterocycles. The molecular formula is C29H36O11. The number of aromatic carboxylic acids is 1. The molecular weight excluding hydrogens is 524 g/mol. The van der Waals surface area contributed by atoms with Gasteiger partial charge in [-0.05, 0) is 49.9 Å². The van der Waals surface area contributed by atoms with Gasteiger partial charge < -0.3 is 48.8 Å². The summed E-state index contributed by atoms with van der Waals surface area (Å²) >= 11 is 0. The summed E-state index contributed by atoms with van der Waals surface area (Å²) in [6.07, 6.45) is -4.54. The van der Waals surface area contributed by atoms with Crippen LogP contribution in [-0.4, -0.2) is 92.5 Å². The maximum atomic E-state index is 12.2. The number of carboxylic acids is 1. The molecule has 0 saturated carbocycles. The fraction of sp³-hybridized carbons (Fsp3) is 0.483. The van der Waals surface area contributed by atoms with E-state index in [2.05, 4.69) is 0 Å². The van der Waals surface area contributed by atoms with E-state index in [9.17, 15) is 25.2 Å². The molecule has 0 bridgehead atoms. The van der Waals surface area contributed by atoms with E-state index < -0.39 is 36.5 Å². The highest BCUT2D eigenvalue weighted by atomic mass is 16.5. The number of aliphatic hydroxyl groups excluding tert-OH is 3. The molecule has 3 aromatic carbocycles. The van der Waals surface area contributed by atoms with Crippen molar-refractivity contribution in [3.8, 4) is 28.7 Å². The van der Waals surface area contributed by atoms with Crippen LogP contribution in [0.25, 0.3) is 21.5 Å². The normalized spacial score (nSPS) is 22.8. The summed E-state index contributed by atoms with van der Waals surface area (Å²) in [5, 5.41) is 43.0. The summed E-state index contributed by atoms with van der Waals surface area (Å²) in [6, 6.07) is 3.41. The van der Waals surface area contributed by atoms with Crippen molar-refractivity contribution in [3.63, 3.8) is 0 Å². The Hall–Kier alpha value is -3.51. The van der Waals surface area contributed by atoms with Crippen molar-refractivity contribution in [2.24, 2.45) is 0 Å². The lowest BCUT2D eigenvalue weighted by Gasteiger charge is -2.39. The van der Waals surface area contributed by atoms with Gasteiger partial charge >= 0.3 is 5.97 Å². The van der Waals surface area contributed by atoms with Crippen LogP contribution >= 0.6 is 0 Å². The minimum Gasteiger partial charge on any atom is -0.496 e. The number of aliphatic hydroxyl groups is 3. The van der Waals surface area contributed by atoms with Crippen molar-refractivity contribution in [1.82, 2.24) is 0 Å². The largest absolute Gasteiger partial charge is 0.496 e. The van der Waals surface area contributed by atoms with Crippen LogP contribution in [0.4, 0.5) is 0 Å². The first-order valence-electron chi connectivity index (χ1n) is 12.8. The number of fused-ring (bicyclic) bond motifs is 2. The Balaban J connectivity index is 2.01. The van der Waals surface area contributed by atoms with Gasteiger partial charge in [-0.2, -0.15) is 0 Å². The van der Waals surface area contributed by atoms with E-state index in [0.29, 0.717) is 68.5 Å². The van der Waals surface area contributed by atoms with Crippen LogP contribution in [0.15, 0.2) is 12.1 Å². The van der Waals surface area contributed by atoms with Gasteiger partial charge in [0.2, 0.25) is 0 Å². The Bertz CT molecular complexity index is 1430. The van der Waals surface area contributed by atoms with E-state index in [1.54, 1.807) is 26.0 Å². The summed E-state index contributed by atoms with van der Waals surface area (Å²) in [4.78, 5) is 12.2. The van der Waals surface area contributed by atoms with Gasteiger partial charge in [0.05, 0.1) is 58.5 Å². The smallest absolute Gasteiger partial charge is 0.339 e. The van der Waals surface area contributed by atoms with Crippen LogP contribution in [-0.2, 0) is 11.2 Å². The zero-order chi connectivity index (χ0) is 29.5. The second-order valence-electron chi connectivity index (χ2n) is 9.78. The van der Waals surface area contributed by atoms with Crippen LogP contribution in [0, 0.1) is 6.92 Å². The molecule has 0 unspecified atom stereocenters. The zero-order valence-corrected chi connectivity index (χ0v) is 23.6. The molecule has 0 amide bonds. The molecule has 5 atom stereocenters. The van der Waals surface area contributed by atoms with E-state index in [1.807, 2.05) is 0 Å². The van der Waals surface area contributed by atoms with E-state index >= 15 is 0 Å². The highest BCUT2D eigenvalue weighted by molar-refractivity contribution is 6.18. The third kappa shape index (κ3) is 4.62. The predicted octanol–water partition coefficient (Wildman–Crippen LogP) is 2.85. The average molecular weight is 561 g/mol. The van der Waals surface area contributed by atoms with Crippen molar-refractivity contribution < 1.29 is 53.6 Å². The second-order valence-corrected chi connectivity index (χ2v) is 9.78. The fourth-order valence-corrected chi connectivity index (χ4v) is 5.75. The summed E-state index contributed by atoms with van der Waals surface area (Å²) in [5.41, 5.74) is 1.11. The summed E-state index contributed by atoms with van der Waals surface area (Å²) in [7, 11) is 7.44. The third-order valence-electron chi connectivity index (χ3n) is 7.70. The van der Waals surface area contributed by atoms with Crippen molar-refractivity contribution in [2.45, 2.75) is 57.2 Å². The van der Waals surface area contributed by atoms with Crippen LogP contribution in [0.1, 0.15) is 34.8 Å². The SMILES string of the molecule is COc1cc2c(OC)c3c(OC)cc(CC[C@H]4O[C@@H](C)[C@@H](O)[C@@H](O)[C@@H]4O)c(OC)c3c(OC)c2c(C)c1C(=O)O. The molecule has 40 heavy (non-hydrogen) atoms. The molecule has 11 heteroatoms. The molecule has 4 rings (SSSR count). The summed E-state index contributed by atoms with van der Waals surface area (Å²) < 4.78 is 34.7. The van der Waals surface area contributed by atoms with Crippen molar-refractivity contribution in [2.75, 3.05) is 35.5 Å². The van der Waals surface area contributed by atoms with E-state index in [-0.39, 0.29) is 11.3 Å². The third-order valence-corrected chi connectivity index (χ3v) is 7.70. The minimum atomic E-state index is -1.33.